The lowest BCUT2D eigenvalue weighted by Crippen LogP contribution is -2.57. The van der Waals surface area contributed by atoms with Gasteiger partial charge in [0.1, 0.15) is 23.2 Å². The highest BCUT2D eigenvalue weighted by atomic mass is 32.2. The van der Waals surface area contributed by atoms with Gasteiger partial charge in [-0.1, -0.05) is 0 Å². The molecular formula is C24H21F10N3O8S2. The molecule has 1 heterocycles. The second kappa shape index (κ2) is 12.2. The summed E-state index contributed by atoms with van der Waals surface area (Å²) in [5.41, 5.74) is -12.6. The van der Waals surface area contributed by atoms with Gasteiger partial charge in [0.05, 0.1) is 28.4 Å². The minimum atomic E-state index is -6.13. The van der Waals surface area contributed by atoms with Crippen LogP contribution in [-0.4, -0.2) is 63.8 Å². The largest absolute Gasteiger partial charge is 0.516 e. The molecule has 1 atom stereocenters. The van der Waals surface area contributed by atoms with Crippen LogP contribution in [0.5, 0.6) is 5.75 Å². The van der Waals surface area contributed by atoms with Crippen molar-refractivity contribution in [1.29, 1.82) is 0 Å². The number of carbonyl (C=O) groups excluding carboxylic acids is 1. The molecule has 2 N–H and O–H groups in total. The van der Waals surface area contributed by atoms with E-state index in [-0.39, 0.29) is 21.3 Å². The smallest absolute Gasteiger partial charge is 0.486 e. The number of fused-ring (bicyclic) bond motifs is 1. The van der Waals surface area contributed by atoms with E-state index in [4.69, 9.17) is 4.74 Å². The Hall–Kier alpha value is -4.02. The molecule has 262 valence electrons. The average Bonchev–Trinajstić information content (AvgIpc) is 2.89. The Bertz CT molecular complexity index is 1780. The SMILES string of the molecule is CC(C)(N(C(=O)O)c1ccc2c(c1)N(S(=O)(=O)c1ccc(F)c(C(F)(F)F)c1)C[C@H](CCC(=O)NS(=O)(=O)C(F)(F)F)O2)C(F)(F)F. The van der Waals surface area contributed by atoms with E-state index in [1.165, 1.54) is 0 Å². The summed E-state index contributed by atoms with van der Waals surface area (Å²) < 4.78 is 190. The lowest BCUT2D eigenvalue weighted by atomic mass is 10.0. The summed E-state index contributed by atoms with van der Waals surface area (Å²) in [6.45, 7) is -0.0573. The van der Waals surface area contributed by atoms with Gasteiger partial charge in [-0.3, -0.25) is 14.0 Å². The van der Waals surface area contributed by atoms with Gasteiger partial charge in [-0.2, -0.15) is 47.9 Å². The summed E-state index contributed by atoms with van der Waals surface area (Å²) in [5.74, 6) is -4.16. The monoisotopic (exact) mass is 733 g/mol. The molecule has 0 unspecified atom stereocenters. The standard InChI is InChI=1S/C24H21F10N3O8S2/c1-21(2,23(29,30)31)37(20(39)40)12-3-7-18-17(9-12)36(46(41,42)14-5-6-16(25)15(10-14)22(26,27)28)11-13(45-18)4-8-19(38)35-47(43,44)24(32,33)34/h3,5-7,9-10,13H,4,8,11H2,1-2H3,(H,35,38)(H,39,40)/t13-/m0/s1. The molecule has 0 bridgehead atoms. The highest BCUT2D eigenvalue weighted by Crippen LogP contribution is 2.44. The third-order valence-electron chi connectivity index (χ3n) is 6.65. The van der Waals surface area contributed by atoms with Crippen molar-refractivity contribution in [3.8, 4) is 5.75 Å². The van der Waals surface area contributed by atoms with Crippen molar-refractivity contribution in [3.05, 3.63) is 47.8 Å². The number of anilines is 2. The van der Waals surface area contributed by atoms with Crippen molar-refractivity contribution in [2.75, 3.05) is 15.7 Å². The molecule has 11 nitrogen and oxygen atoms in total. The van der Waals surface area contributed by atoms with Crippen LogP contribution in [0.2, 0.25) is 0 Å². The molecule has 0 aromatic heterocycles. The molecule has 47 heavy (non-hydrogen) atoms. The predicted molar refractivity (Wildman–Crippen MR) is 140 cm³/mol. The maximum absolute atomic E-state index is 13.9. The van der Waals surface area contributed by atoms with Crippen LogP contribution in [0, 0.1) is 5.82 Å². The zero-order valence-corrected chi connectivity index (χ0v) is 25.1. The quantitative estimate of drug-likeness (QED) is 0.344. The van der Waals surface area contributed by atoms with Crippen LogP contribution in [0.4, 0.5) is 60.1 Å². The van der Waals surface area contributed by atoms with Gasteiger partial charge in [0.25, 0.3) is 10.0 Å². The first kappa shape index (κ1) is 37.4. The summed E-state index contributed by atoms with van der Waals surface area (Å²) >= 11 is 0. The van der Waals surface area contributed by atoms with E-state index in [9.17, 15) is 75.4 Å². The number of benzene rings is 2. The highest BCUT2D eigenvalue weighted by molar-refractivity contribution is 7.92. The van der Waals surface area contributed by atoms with Crippen LogP contribution in [0.15, 0.2) is 41.3 Å². The fourth-order valence-corrected chi connectivity index (χ4v) is 6.22. The molecule has 1 aliphatic heterocycles. The van der Waals surface area contributed by atoms with Gasteiger partial charge in [0.15, 0.2) is 0 Å². The van der Waals surface area contributed by atoms with Crippen molar-refractivity contribution >= 4 is 43.4 Å². The molecule has 0 spiro atoms. The number of alkyl halides is 9. The number of nitrogens with zero attached hydrogens (tertiary/aromatic N) is 2. The topological polar surface area (TPSA) is 150 Å². The first-order valence-electron chi connectivity index (χ1n) is 12.5. The molecule has 0 saturated heterocycles. The Morgan fingerprint density at radius 1 is 0.979 bits per heavy atom. The van der Waals surface area contributed by atoms with E-state index in [0.717, 1.165) is 16.9 Å². The minimum Gasteiger partial charge on any atom is -0.486 e. The molecule has 2 aromatic carbocycles. The zero-order valence-electron chi connectivity index (χ0n) is 23.5. The number of nitrogens with one attached hydrogen (secondary N) is 1. The summed E-state index contributed by atoms with van der Waals surface area (Å²) in [5, 5.41) is 9.63. The van der Waals surface area contributed by atoms with Crippen LogP contribution < -0.4 is 18.7 Å². The van der Waals surface area contributed by atoms with Gasteiger partial charge >= 0.3 is 34.0 Å². The van der Waals surface area contributed by atoms with Crippen molar-refractivity contribution in [3.63, 3.8) is 0 Å². The van der Waals surface area contributed by atoms with Gasteiger partial charge in [-0.25, -0.2) is 22.3 Å². The molecule has 0 aliphatic carbocycles. The number of sulfonamides is 2. The van der Waals surface area contributed by atoms with E-state index in [1.807, 2.05) is 0 Å². The minimum absolute atomic E-state index is 0.0928. The Balaban J connectivity index is 2.13. The van der Waals surface area contributed by atoms with Crippen LogP contribution >= 0.6 is 0 Å². The zero-order chi connectivity index (χ0) is 36.1. The van der Waals surface area contributed by atoms with E-state index in [2.05, 4.69) is 0 Å². The highest BCUT2D eigenvalue weighted by Gasteiger charge is 2.54. The number of carbonyl (C=O) groups is 2. The van der Waals surface area contributed by atoms with Crippen molar-refractivity contribution in [2.45, 2.75) is 61.1 Å². The first-order chi connectivity index (χ1) is 21.1. The van der Waals surface area contributed by atoms with Crippen LogP contribution in [0.3, 0.4) is 0 Å². The molecule has 2 amide bonds. The molecular weight excluding hydrogens is 712 g/mol. The normalized spacial score (nSPS) is 16.3. The summed E-state index contributed by atoms with van der Waals surface area (Å²) in [6.07, 6.45) is -16.1. The molecule has 2 aromatic rings. The Kier molecular flexibility index (Phi) is 9.73. The first-order valence-corrected chi connectivity index (χ1v) is 15.5. The molecule has 0 fully saturated rings. The number of hydrogen-bond donors (Lipinski definition) is 2. The summed E-state index contributed by atoms with van der Waals surface area (Å²) in [4.78, 5) is 22.5. The molecule has 3 rings (SSSR count). The summed E-state index contributed by atoms with van der Waals surface area (Å²) in [7, 11) is -11.4. The van der Waals surface area contributed by atoms with Gasteiger partial charge < -0.3 is 9.84 Å². The van der Waals surface area contributed by atoms with Gasteiger partial charge in [-0.15, -0.1) is 0 Å². The lowest BCUT2D eigenvalue weighted by Gasteiger charge is -2.39. The van der Waals surface area contributed by atoms with Gasteiger partial charge in [0.2, 0.25) is 5.91 Å². The number of ether oxygens (including phenoxy) is 1. The molecule has 0 radical (unpaired) electrons. The number of amides is 2. The Morgan fingerprint density at radius 2 is 1.57 bits per heavy atom. The van der Waals surface area contributed by atoms with Crippen molar-refractivity contribution < 1.29 is 80.2 Å². The van der Waals surface area contributed by atoms with E-state index in [0.29, 0.717) is 26.0 Å². The third-order valence-corrected chi connectivity index (χ3v) is 9.54. The Morgan fingerprint density at radius 3 is 2.09 bits per heavy atom. The number of halogens is 10. The van der Waals surface area contributed by atoms with E-state index in [1.54, 1.807) is 0 Å². The third kappa shape index (κ3) is 7.60. The molecule has 23 heteroatoms. The number of hydrogen-bond acceptors (Lipinski definition) is 7. The Labute approximate surface area is 258 Å². The predicted octanol–water partition coefficient (Wildman–Crippen LogP) is 5.37. The van der Waals surface area contributed by atoms with Crippen LogP contribution in [0.1, 0.15) is 32.3 Å². The maximum Gasteiger partial charge on any atom is 0.516 e. The number of rotatable bonds is 8. The van der Waals surface area contributed by atoms with E-state index >= 15 is 0 Å². The second-order valence-electron chi connectivity index (χ2n) is 10.3. The fourth-order valence-electron chi connectivity index (χ4n) is 4.18. The second-order valence-corrected chi connectivity index (χ2v) is 13.8. The molecule has 1 aliphatic rings. The fraction of sp³-hybridized carbons (Fsp3) is 0.417. The van der Waals surface area contributed by atoms with Crippen molar-refractivity contribution in [1.82, 2.24) is 4.72 Å². The van der Waals surface area contributed by atoms with E-state index < -0.39 is 114 Å². The number of carboxylic acid groups (broad SMARTS) is 1. The maximum atomic E-state index is 13.9. The average molecular weight is 734 g/mol. The van der Waals surface area contributed by atoms with Crippen LogP contribution in [0.25, 0.3) is 0 Å². The lowest BCUT2D eigenvalue weighted by molar-refractivity contribution is -0.175. The summed E-state index contributed by atoms with van der Waals surface area (Å²) in [6, 6.07) is 2.59. The van der Waals surface area contributed by atoms with Crippen LogP contribution in [-0.2, 0) is 31.0 Å². The van der Waals surface area contributed by atoms with Gasteiger partial charge in [0, 0.05) is 6.42 Å². The van der Waals surface area contributed by atoms with Gasteiger partial charge in [-0.05, 0) is 56.7 Å². The molecule has 0 saturated carbocycles. The van der Waals surface area contributed by atoms with Crippen molar-refractivity contribution in [2.24, 2.45) is 0 Å².